The maximum absolute atomic E-state index is 12.5. The fourth-order valence-electron chi connectivity index (χ4n) is 2.13. The van der Waals surface area contributed by atoms with Crippen molar-refractivity contribution in [2.75, 3.05) is 6.54 Å². The summed E-state index contributed by atoms with van der Waals surface area (Å²) in [7, 11) is -3.62. The third kappa shape index (κ3) is 2.75. The molecule has 1 saturated heterocycles. The molecule has 19 heavy (non-hydrogen) atoms. The lowest BCUT2D eigenvalue weighted by Crippen LogP contribution is -2.43. The quantitative estimate of drug-likeness (QED) is 0.373. The first-order valence-corrected chi connectivity index (χ1v) is 7.95. The molecule has 0 radical (unpaired) electrons. The third-order valence-corrected chi connectivity index (χ3v) is 5.53. The molecule has 104 valence electrons. The first-order chi connectivity index (χ1) is 8.96. The molecule has 0 amide bonds. The number of hydrogen-bond acceptors (Lipinski definition) is 4. The van der Waals surface area contributed by atoms with Gasteiger partial charge in [0.25, 0.3) is 0 Å². The number of sulfonamides is 1. The summed E-state index contributed by atoms with van der Waals surface area (Å²) < 4.78 is 27.1. The van der Waals surface area contributed by atoms with Gasteiger partial charge in [-0.3, -0.25) is 0 Å². The van der Waals surface area contributed by atoms with Crippen LogP contribution in [0.1, 0.15) is 12.8 Å². The SMILES string of the molecule is NC(=NO)C1CCCN1S(=O)(=O)c1ccc(Br)cc1. The average molecular weight is 348 g/mol. The highest BCUT2D eigenvalue weighted by atomic mass is 79.9. The van der Waals surface area contributed by atoms with E-state index in [1.807, 2.05) is 0 Å². The molecule has 1 unspecified atom stereocenters. The first kappa shape index (κ1) is 14.3. The van der Waals surface area contributed by atoms with Gasteiger partial charge in [0, 0.05) is 11.0 Å². The highest BCUT2D eigenvalue weighted by Gasteiger charge is 2.37. The minimum Gasteiger partial charge on any atom is -0.409 e. The molecule has 1 aliphatic heterocycles. The highest BCUT2D eigenvalue weighted by Crippen LogP contribution is 2.26. The molecule has 2 rings (SSSR count). The van der Waals surface area contributed by atoms with Gasteiger partial charge >= 0.3 is 0 Å². The number of hydrogen-bond donors (Lipinski definition) is 2. The van der Waals surface area contributed by atoms with Gasteiger partial charge in [0.15, 0.2) is 5.84 Å². The monoisotopic (exact) mass is 347 g/mol. The van der Waals surface area contributed by atoms with Gasteiger partial charge < -0.3 is 10.9 Å². The van der Waals surface area contributed by atoms with E-state index in [0.717, 1.165) is 4.47 Å². The molecule has 0 aliphatic carbocycles. The molecule has 6 nitrogen and oxygen atoms in total. The number of amidine groups is 1. The molecule has 1 aromatic rings. The van der Waals surface area contributed by atoms with Gasteiger partial charge in [-0.2, -0.15) is 4.31 Å². The summed E-state index contributed by atoms with van der Waals surface area (Å²) in [5.74, 6) is -0.0711. The van der Waals surface area contributed by atoms with Crippen molar-refractivity contribution >= 4 is 31.8 Å². The minimum atomic E-state index is -3.62. The summed E-state index contributed by atoms with van der Waals surface area (Å²) in [6.45, 7) is 0.374. The van der Waals surface area contributed by atoms with E-state index in [1.165, 1.54) is 16.4 Å². The van der Waals surface area contributed by atoms with E-state index in [0.29, 0.717) is 19.4 Å². The van der Waals surface area contributed by atoms with Gasteiger partial charge in [-0.05, 0) is 37.1 Å². The van der Waals surface area contributed by atoms with E-state index in [2.05, 4.69) is 21.1 Å². The van der Waals surface area contributed by atoms with Crippen molar-refractivity contribution in [2.24, 2.45) is 10.9 Å². The highest BCUT2D eigenvalue weighted by molar-refractivity contribution is 9.10. The molecule has 3 N–H and O–H groups in total. The van der Waals surface area contributed by atoms with Crippen LogP contribution in [0.25, 0.3) is 0 Å². The molecule has 0 saturated carbocycles. The molecule has 8 heteroatoms. The topological polar surface area (TPSA) is 96.0 Å². The number of halogens is 1. The summed E-state index contributed by atoms with van der Waals surface area (Å²) in [5.41, 5.74) is 5.55. The van der Waals surface area contributed by atoms with Crippen LogP contribution in [-0.4, -0.2) is 36.4 Å². The van der Waals surface area contributed by atoms with Crippen LogP contribution < -0.4 is 5.73 Å². The van der Waals surface area contributed by atoms with Crippen molar-refractivity contribution in [3.63, 3.8) is 0 Å². The number of nitrogens with zero attached hydrogens (tertiary/aromatic N) is 2. The van der Waals surface area contributed by atoms with Crippen LogP contribution in [0.3, 0.4) is 0 Å². The molecule has 0 bridgehead atoms. The van der Waals surface area contributed by atoms with Gasteiger partial charge in [-0.15, -0.1) is 0 Å². The lowest BCUT2D eigenvalue weighted by Gasteiger charge is -2.22. The lowest BCUT2D eigenvalue weighted by molar-refractivity contribution is 0.311. The van der Waals surface area contributed by atoms with E-state index < -0.39 is 16.1 Å². The molecule has 1 aromatic carbocycles. The number of benzene rings is 1. The van der Waals surface area contributed by atoms with E-state index in [-0.39, 0.29) is 10.7 Å². The Morgan fingerprint density at radius 2 is 2.05 bits per heavy atom. The molecule has 0 aromatic heterocycles. The standard InChI is InChI=1S/C11H14BrN3O3S/c12-8-3-5-9(6-4-8)19(17,18)15-7-1-2-10(15)11(13)14-16/h3-6,10,16H,1-2,7H2,(H2,13,14). The predicted molar refractivity (Wildman–Crippen MR) is 74.5 cm³/mol. The van der Waals surface area contributed by atoms with Crippen molar-refractivity contribution < 1.29 is 13.6 Å². The van der Waals surface area contributed by atoms with Crippen LogP contribution in [0.15, 0.2) is 38.8 Å². The summed E-state index contributed by atoms with van der Waals surface area (Å²) in [6, 6.07) is 5.82. The zero-order chi connectivity index (χ0) is 14.0. The number of oxime groups is 1. The first-order valence-electron chi connectivity index (χ1n) is 5.71. The Balaban J connectivity index is 2.36. The third-order valence-electron chi connectivity index (χ3n) is 3.08. The van der Waals surface area contributed by atoms with Crippen molar-refractivity contribution in [1.82, 2.24) is 4.31 Å². The Hall–Kier alpha value is -1.12. The van der Waals surface area contributed by atoms with Crippen LogP contribution in [0.4, 0.5) is 0 Å². The number of nitrogens with two attached hydrogens (primary N) is 1. The van der Waals surface area contributed by atoms with Crippen molar-refractivity contribution in [3.8, 4) is 0 Å². The molecular weight excluding hydrogens is 334 g/mol. The van der Waals surface area contributed by atoms with Crippen molar-refractivity contribution in [1.29, 1.82) is 0 Å². The lowest BCUT2D eigenvalue weighted by atomic mass is 10.2. The molecular formula is C11H14BrN3O3S. The van der Waals surface area contributed by atoms with E-state index in [1.54, 1.807) is 12.1 Å². The Labute approximate surface area is 120 Å². The second-order valence-corrected chi connectivity index (χ2v) is 7.06. The summed E-state index contributed by atoms with van der Waals surface area (Å²) >= 11 is 3.26. The van der Waals surface area contributed by atoms with Crippen molar-refractivity contribution in [2.45, 2.75) is 23.8 Å². The van der Waals surface area contributed by atoms with E-state index in [9.17, 15) is 8.42 Å². The van der Waals surface area contributed by atoms with Gasteiger partial charge in [-0.1, -0.05) is 21.1 Å². The van der Waals surface area contributed by atoms with Crippen LogP contribution in [0, 0.1) is 0 Å². The average Bonchev–Trinajstić information content (AvgIpc) is 2.88. The Bertz CT molecular complexity index is 586. The Kier molecular flexibility index (Phi) is 4.12. The summed E-state index contributed by atoms with van der Waals surface area (Å²) in [4.78, 5) is 0.202. The van der Waals surface area contributed by atoms with Gasteiger partial charge in [0.1, 0.15) is 0 Å². The fraction of sp³-hybridized carbons (Fsp3) is 0.364. The number of rotatable bonds is 3. The molecule has 0 spiro atoms. The maximum Gasteiger partial charge on any atom is 0.243 e. The normalized spacial score (nSPS) is 21.7. The Morgan fingerprint density at radius 3 is 2.63 bits per heavy atom. The van der Waals surface area contributed by atoms with E-state index >= 15 is 0 Å². The van der Waals surface area contributed by atoms with E-state index in [4.69, 9.17) is 10.9 Å². The summed E-state index contributed by atoms with van der Waals surface area (Å²) in [5, 5.41) is 11.6. The van der Waals surface area contributed by atoms with Crippen LogP contribution in [0.5, 0.6) is 0 Å². The maximum atomic E-state index is 12.5. The Morgan fingerprint density at radius 1 is 1.42 bits per heavy atom. The molecule has 1 aliphatic rings. The van der Waals surface area contributed by atoms with Crippen LogP contribution in [0.2, 0.25) is 0 Å². The molecule has 1 atom stereocenters. The van der Waals surface area contributed by atoms with Gasteiger partial charge in [-0.25, -0.2) is 8.42 Å². The van der Waals surface area contributed by atoms with Gasteiger partial charge in [0.2, 0.25) is 10.0 Å². The smallest absolute Gasteiger partial charge is 0.243 e. The van der Waals surface area contributed by atoms with Crippen LogP contribution in [-0.2, 0) is 10.0 Å². The second kappa shape index (κ2) is 5.48. The molecule has 1 fully saturated rings. The largest absolute Gasteiger partial charge is 0.409 e. The minimum absolute atomic E-state index is 0.0711. The molecule has 1 heterocycles. The zero-order valence-corrected chi connectivity index (χ0v) is 12.4. The van der Waals surface area contributed by atoms with Crippen LogP contribution >= 0.6 is 15.9 Å². The zero-order valence-electron chi connectivity index (χ0n) is 10.0. The summed E-state index contributed by atoms with van der Waals surface area (Å²) in [6.07, 6.45) is 1.25. The van der Waals surface area contributed by atoms with Crippen molar-refractivity contribution in [3.05, 3.63) is 28.7 Å². The second-order valence-electron chi connectivity index (χ2n) is 4.25. The predicted octanol–water partition coefficient (Wildman–Crippen LogP) is 1.35. The van der Waals surface area contributed by atoms with Gasteiger partial charge in [0.05, 0.1) is 10.9 Å². The fourth-order valence-corrected chi connectivity index (χ4v) is 4.07.